The molecule has 2 amide bonds. The summed E-state index contributed by atoms with van der Waals surface area (Å²) in [6, 6.07) is 21.4. The Morgan fingerprint density at radius 1 is 1.00 bits per heavy atom. The predicted octanol–water partition coefficient (Wildman–Crippen LogP) is 4.98. The van der Waals surface area contributed by atoms with E-state index in [0.717, 1.165) is 40.8 Å². The predicted molar refractivity (Wildman–Crippen MR) is 171 cm³/mol. The molecule has 0 aliphatic carbocycles. The number of hydrogen-bond donors (Lipinski definition) is 1. The number of aromatic nitrogens is 5. The van der Waals surface area contributed by atoms with Crippen LogP contribution in [-0.4, -0.2) is 68.8 Å². The zero-order chi connectivity index (χ0) is 31.5. The molecule has 5 heterocycles. The van der Waals surface area contributed by atoms with E-state index in [0.29, 0.717) is 50.1 Å². The molecular formula is C35H35N7O4. The number of carbonyl (C=O) groups is 2. The standard InChI is InChI=1S/C35H35N7O4/c1-45-28-9-5-6-24(18-28)19-29-34(44)42(30-11-10-26(20-36-30)27-21-37-38-22-27)23-35(29)14-16-41(17-15-35)32(43)13-12-31-39-40-33(46-31)25-7-3-2-4-8-25/h2-11,18,20-22,29H,12-17,19,23H2,1H3,(H,37,38). The van der Waals surface area contributed by atoms with Crippen LogP contribution in [0.3, 0.4) is 0 Å². The van der Waals surface area contributed by atoms with Gasteiger partial charge in [-0.25, -0.2) is 4.98 Å². The molecule has 7 rings (SSSR count). The number of nitrogens with zero attached hydrogens (tertiary/aromatic N) is 6. The van der Waals surface area contributed by atoms with Crippen molar-refractivity contribution in [3.63, 3.8) is 0 Å². The van der Waals surface area contributed by atoms with Crippen LogP contribution in [0.1, 0.15) is 30.7 Å². The maximum Gasteiger partial charge on any atom is 0.247 e. The highest BCUT2D eigenvalue weighted by atomic mass is 16.5. The van der Waals surface area contributed by atoms with Crippen molar-refractivity contribution in [3.05, 3.63) is 96.8 Å². The Morgan fingerprint density at radius 2 is 1.85 bits per heavy atom. The Kier molecular flexibility index (Phi) is 8.04. The third-order valence-electron chi connectivity index (χ3n) is 9.36. The van der Waals surface area contributed by atoms with Crippen LogP contribution in [0.2, 0.25) is 0 Å². The smallest absolute Gasteiger partial charge is 0.247 e. The van der Waals surface area contributed by atoms with Crippen molar-refractivity contribution < 1.29 is 18.7 Å². The summed E-state index contributed by atoms with van der Waals surface area (Å²) in [5, 5.41) is 15.1. The van der Waals surface area contributed by atoms with Gasteiger partial charge in [-0.1, -0.05) is 30.3 Å². The lowest BCUT2D eigenvalue weighted by molar-refractivity contribution is -0.134. The number of H-pyrrole nitrogens is 1. The van der Waals surface area contributed by atoms with E-state index in [2.05, 4.69) is 20.4 Å². The van der Waals surface area contributed by atoms with Crippen molar-refractivity contribution in [1.29, 1.82) is 0 Å². The Bertz CT molecular complexity index is 1800. The van der Waals surface area contributed by atoms with Crippen LogP contribution in [0.5, 0.6) is 5.75 Å². The minimum Gasteiger partial charge on any atom is -0.497 e. The van der Waals surface area contributed by atoms with Gasteiger partial charge in [0.1, 0.15) is 11.6 Å². The Morgan fingerprint density at radius 3 is 2.59 bits per heavy atom. The number of pyridine rings is 1. The highest BCUT2D eigenvalue weighted by Crippen LogP contribution is 2.48. The van der Waals surface area contributed by atoms with Crippen LogP contribution in [0.25, 0.3) is 22.6 Å². The molecular weight excluding hydrogens is 582 g/mol. The molecule has 46 heavy (non-hydrogen) atoms. The first kappa shape index (κ1) is 29.4. The van der Waals surface area contributed by atoms with E-state index in [1.165, 1.54) is 0 Å². The fourth-order valence-corrected chi connectivity index (χ4v) is 6.74. The molecule has 11 nitrogen and oxygen atoms in total. The van der Waals surface area contributed by atoms with Crippen molar-refractivity contribution in [3.8, 4) is 28.3 Å². The van der Waals surface area contributed by atoms with E-state index in [1.54, 1.807) is 19.5 Å². The molecule has 3 aromatic heterocycles. The number of aryl methyl sites for hydroxylation is 1. The lowest BCUT2D eigenvalue weighted by Gasteiger charge is -2.42. The number of benzene rings is 2. The molecule has 2 aliphatic heterocycles. The second-order valence-electron chi connectivity index (χ2n) is 12.0. The fraction of sp³-hybridized carbons (Fsp3) is 0.314. The van der Waals surface area contributed by atoms with E-state index in [9.17, 15) is 9.59 Å². The summed E-state index contributed by atoms with van der Waals surface area (Å²) in [5.74, 6) is 2.17. The normalized spacial score (nSPS) is 17.5. The number of methoxy groups -OCH3 is 1. The first-order valence-electron chi connectivity index (χ1n) is 15.6. The third-order valence-corrected chi connectivity index (χ3v) is 9.36. The molecule has 2 saturated heterocycles. The van der Waals surface area contributed by atoms with Crippen molar-refractivity contribution >= 4 is 17.6 Å². The summed E-state index contributed by atoms with van der Waals surface area (Å²) in [4.78, 5) is 35.9. The van der Waals surface area contributed by atoms with Gasteiger partial charge in [-0.05, 0) is 61.2 Å². The van der Waals surface area contributed by atoms with Gasteiger partial charge >= 0.3 is 0 Å². The second-order valence-corrected chi connectivity index (χ2v) is 12.0. The van der Waals surface area contributed by atoms with Crippen molar-refractivity contribution in [1.82, 2.24) is 30.3 Å². The topological polar surface area (TPSA) is 130 Å². The van der Waals surface area contributed by atoms with E-state index >= 15 is 0 Å². The van der Waals surface area contributed by atoms with Gasteiger partial charge in [0.05, 0.1) is 19.2 Å². The van der Waals surface area contributed by atoms with Crippen molar-refractivity contribution in [2.75, 3.05) is 31.6 Å². The molecule has 1 N–H and O–H groups in total. The van der Waals surface area contributed by atoms with Crippen molar-refractivity contribution in [2.24, 2.45) is 11.3 Å². The summed E-state index contributed by atoms with van der Waals surface area (Å²) in [6.45, 7) is 1.73. The van der Waals surface area contributed by atoms with Gasteiger partial charge in [0, 0.05) is 67.0 Å². The van der Waals surface area contributed by atoms with E-state index in [-0.39, 0.29) is 29.6 Å². The van der Waals surface area contributed by atoms with Gasteiger partial charge in [0.25, 0.3) is 0 Å². The average Bonchev–Trinajstić information content (AvgIpc) is 3.87. The van der Waals surface area contributed by atoms with Crippen LogP contribution < -0.4 is 9.64 Å². The van der Waals surface area contributed by atoms with Gasteiger partial charge in [-0.2, -0.15) is 5.10 Å². The largest absolute Gasteiger partial charge is 0.497 e. The molecule has 1 unspecified atom stereocenters. The quantitative estimate of drug-likeness (QED) is 0.245. The molecule has 1 atom stereocenters. The van der Waals surface area contributed by atoms with E-state index < -0.39 is 0 Å². The minimum absolute atomic E-state index is 0.0522. The van der Waals surface area contributed by atoms with Gasteiger partial charge in [0.15, 0.2) is 0 Å². The van der Waals surface area contributed by atoms with E-state index in [1.807, 2.05) is 82.7 Å². The number of amides is 2. The zero-order valence-electron chi connectivity index (χ0n) is 25.6. The maximum absolute atomic E-state index is 14.2. The number of nitrogens with one attached hydrogen (secondary N) is 1. The average molecular weight is 618 g/mol. The Balaban J connectivity index is 1.05. The molecule has 2 aliphatic rings. The van der Waals surface area contributed by atoms with Crippen LogP contribution >= 0.6 is 0 Å². The highest BCUT2D eigenvalue weighted by molar-refractivity contribution is 5.98. The summed E-state index contributed by atoms with van der Waals surface area (Å²) < 4.78 is 11.3. The van der Waals surface area contributed by atoms with Crippen LogP contribution in [-0.2, 0) is 22.4 Å². The number of ether oxygens (including phenoxy) is 1. The van der Waals surface area contributed by atoms with Crippen molar-refractivity contribution in [2.45, 2.75) is 32.1 Å². The first-order chi connectivity index (χ1) is 22.5. The highest BCUT2D eigenvalue weighted by Gasteiger charge is 2.53. The number of piperidine rings is 1. The molecule has 5 aromatic rings. The summed E-state index contributed by atoms with van der Waals surface area (Å²) in [7, 11) is 1.65. The molecule has 0 saturated carbocycles. The van der Waals surface area contributed by atoms with E-state index in [4.69, 9.17) is 14.1 Å². The molecule has 0 bridgehead atoms. The lowest BCUT2D eigenvalue weighted by atomic mass is 9.68. The molecule has 1 spiro atoms. The third kappa shape index (κ3) is 5.88. The lowest BCUT2D eigenvalue weighted by Crippen LogP contribution is -2.47. The van der Waals surface area contributed by atoms with Crippen LogP contribution in [0.15, 0.2) is 89.7 Å². The number of likely N-dealkylation sites (tertiary alicyclic amines) is 1. The molecule has 2 aromatic carbocycles. The number of hydrogen-bond acceptors (Lipinski definition) is 8. The minimum atomic E-state index is -0.293. The zero-order valence-corrected chi connectivity index (χ0v) is 25.6. The summed E-state index contributed by atoms with van der Waals surface area (Å²) >= 11 is 0. The molecule has 234 valence electrons. The second kappa shape index (κ2) is 12.6. The molecule has 11 heteroatoms. The number of anilines is 1. The monoisotopic (exact) mass is 617 g/mol. The SMILES string of the molecule is COc1cccc(CC2C(=O)N(c3ccc(-c4cn[nH]c4)cn3)CC23CCN(C(=O)CCc2nnc(-c4ccccc4)o2)CC3)c1. The fourth-order valence-electron chi connectivity index (χ4n) is 6.74. The maximum atomic E-state index is 14.2. The molecule has 0 radical (unpaired) electrons. The number of rotatable bonds is 9. The van der Waals surface area contributed by atoms with Crippen LogP contribution in [0.4, 0.5) is 5.82 Å². The Hall–Kier alpha value is -5.32. The molecule has 2 fully saturated rings. The van der Waals surface area contributed by atoms with Gasteiger partial charge < -0.3 is 14.1 Å². The summed E-state index contributed by atoms with van der Waals surface area (Å²) in [6.07, 6.45) is 8.05. The first-order valence-corrected chi connectivity index (χ1v) is 15.6. The van der Waals surface area contributed by atoms with Gasteiger partial charge in [0.2, 0.25) is 23.6 Å². The van der Waals surface area contributed by atoms with Gasteiger partial charge in [-0.3, -0.25) is 19.6 Å². The Labute approximate surface area is 266 Å². The number of carbonyl (C=O) groups excluding carboxylic acids is 2. The summed E-state index contributed by atoms with van der Waals surface area (Å²) in [5.41, 5.74) is 3.47. The van der Waals surface area contributed by atoms with Gasteiger partial charge in [-0.15, -0.1) is 10.2 Å². The number of aromatic amines is 1. The van der Waals surface area contributed by atoms with Crippen LogP contribution in [0, 0.1) is 11.3 Å².